The molecular weight excluding hydrogens is 745 g/mol. The van der Waals surface area contributed by atoms with Gasteiger partial charge < -0.3 is 28.7 Å². The number of hydrogen-bond donors (Lipinski definition) is 0. The number of amides is 6. The van der Waals surface area contributed by atoms with Crippen molar-refractivity contribution in [2.75, 3.05) is 79.0 Å². The maximum Gasteiger partial charge on any atom is 0.262 e. The average Bonchev–Trinajstić information content (AvgIpc) is 3.65. The van der Waals surface area contributed by atoms with Gasteiger partial charge in [-0.2, -0.15) is 0 Å². The molecule has 14 heteroatoms. The Kier molecular flexibility index (Phi) is 13.1. The summed E-state index contributed by atoms with van der Waals surface area (Å²) in [5, 5.41) is 0. The van der Waals surface area contributed by atoms with Crippen molar-refractivity contribution in [3.8, 4) is 0 Å². The molecule has 0 N–H and O–H groups in total. The molecule has 3 aliphatic rings. The first kappa shape index (κ1) is 40.1. The van der Waals surface area contributed by atoms with Gasteiger partial charge in [0.05, 0.1) is 75.1 Å². The van der Waals surface area contributed by atoms with E-state index in [0.29, 0.717) is 11.1 Å². The molecule has 2 unspecified atom stereocenters. The van der Waals surface area contributed by atoms with E-state index >= 15 is 0 Å². The van der Waals surface area contributed by atoms with E-state index in [1.54, 1.807) is 109 Å². The summed E-state index contributed by atoms with van der Waals surface area (Å²) in [5.74, 6) is -3.05. The van der Waals surface area contributed by atoms with Crippen LogP contribution in [0.3, 0.4) is 0 Å². The predicted molar refractivity (Wildman–Crippen MR) is 209 cm³/mol. The van der Waals surface area contributed by atoms with Crippen molar-refractivity contribution in [3.63, 3.8) is 0 Å². The van der Waals surface area contributed by atoms with Crippen LogP contribution in [0.15, 0.2) is 109 Å². The fraction of sp³-hybridized carbons (Fsp3) is 0.318. The summed E-state index contributed by atoms with van der Waals surface area (Å²) in [6.45, 7) is 1.82. The highest BCUT2D eigenvalue weighted by atomic mass is 16.5. The molecule has 3 heterocycles. The summed E-state index contributed by atoms with van der Waals surface area (Å²) in [4.78, 5) is 88.3. The van der Waals surface area contributed by atoms with Gasteiger partial charge >= 0.3 is 0 Å². The third-order valence-corrected chi connectivity index (χ3v) is 10.3. The number of rotatable bonds is 6. The molecule has 4 aromatic carbocycles. The van der Waals surface area contributed by atoms with E-state index in [-0.39, 0.29) is 101 Å². The summed E-state index contributed by atoms with van der Waals surface area (Å²) in [5.41, 5.74) is 1.99. The summed E-state index contributed by atoms with van der Waals surface area (Å²) in [7, 11) is 0. The zero-order chi connectivity index (χ0) is 40.4. The van der Waals surface area contributed by atoms with E-state index in [4.69, 9.17) is 18.9 Å². The van der Waals surface area contributed by atoms with Crippen molar-refractivity contribution in [1.82, 2.24) is 19.6 Å². The molecule has 3 aliphatic heterocycles. The first-order valence-corrected chi connectivity index (χ1v) is 19.3. The minimum Gasteiger partial charge on any atom is -0.377 e. The standard InChI is InChI=1S/C44H44N4O10/c49-39-33-15-7-8-16-34(33)40(50)47(39)37(31-11-3-1-4-12-31)43(53)45-19-23-55-27-29-57-25-21-46(22-26-58-30-28-56-24-20-45)44(54)38(32-13-5-2-6-14-32)48-41(51)35-17-9-10-18-36(35)42(48)52/h1-18,37-38H,19-30H2. The SMILES string of the molecule is O=C(C(c1ccccc1)N1C(=O)c2ccccc2C1=O)N1CCOCCOCCN(C(=O)C(c2ccccc2)N2C(=O)c3ccccc3C2=O)CCOCCOCC1. The van der Waals surface area contributed by atoms with Crippen LogP contribution in [0.25, 0.3) is 0 Å². The number of nitrogens with zero attached hydrogens (tertiary/aromatic N) is 4. The number of imide groups is 2. The Bertz CT molecular complexity index is 1890. The Morgan fingerprint density at radius 3 is 0.914 bits per heavy atom. The fourth-order valence-corrected chi connectivity index (χ4v) is 7.31. The molecule has 0 saturated carbocycles. The van der Waals surface area contributed by atoms with Gasteiger partial charge in [0.1, 0.15) is 12.1 Å². The van der Waals surface area contributed by atoms with Crippen LogP contribution in [0.1, 0.15) is 64.6 Å². The Labute approximate surface area is 335 Å². The van der Waals surface area contributed by atoms with Crippen molar-refractivity contribution in [2.45, 2.75) is 12.1 Å². The van der Waals surface area contributed by atoms with Gasteiger partial charge in [-0.1, -0.05) is 84.9 Å². The largest absolute Gasteiger partial charge is 0.377 e. The highest BCUT2D eigenvalue weighted by Crippen LogP contribution is 2.34. The summed E-state index contributed by atoms with van der Waals surface area (Å²) in [6, 6.07) is 28.1. The van der Waals surface area contributed by atoms with Gasteiger partial charge in [0, 0.05) is 26.2 Å². The van der Waals surface area contributed by atoms with Crippen LogP contribution in [0, 0.1) is 0 Å². The molecule has 58 heavy (non-hydrogen) atoms. The second-order valence-corrected chi connectivity index (χ2v) is 13.8. The highest BCUT2D eigenvalue weighted by molar-refractivity contribution is 6.23. The molecule has 300 valence electrons. The van der Waals surface area contributed by atoms with Gasteiger partial charge in [0.2, 0.25) is 0 Å². The zero-order valence-corrected chi connectivity index (χ0v) is 31.9. The van der Waals surface area contributed by atoms with Crippen molar-refractivity contribution in [1.29, 1.82) is 0 Å². The summed E-state index contributed by atoms with van der Waals surface area (Å²) < 4.78 is 23.5. The number of fused-ring (bicyclic) bond motifs is 2. The highest BCUT2D eigenvalue weighted by Gasteiger charge is 2.46. The molecule has 0 aliphatic carbocycles. The minimum absolute atomic E-state index is 0.130. The third kappa shape index (κ3) is 8.60. The van der Waals surface area contributed by atoms with Crippen LogP contribution < -0.4 is 0 Å². The topological polar surface area (TPSA) is 152 Å². The number of benzene rings is 4. The lowest BCUT2D eigenvalue weighted by Gasteiger charge is -2.32. The lowest BCUT2D eigenvalue weighted by Crippen LogP contribution is -2.47. The molecule has 4 aromatic rings. The summed E-state index contributed by atoms with van der Waals surface area (Å²) >= 11 is 0. The van der Waals surface area contributed by atoms with Crippen LogP contribution in [0.4, 0.5) is 0 Å². The lowest BCUT2D eigenvalue weighted by molar-refractivity contribution is -0.138. The van der Waals surface area contributed by atoms with Crippen LogP contribution in [-0.4, -0.2) is 134 Å². The maximum atomic E-state index is 14.4. The Morgan fingerprint density at radius 2 is 0.638 bits per heavy atom. The Morgan fingerprint density at radius 1 is 0.379 bits per heavy atom. The van der Waals surface area contributed by atoms with E-state index in [0.717, 1.165) is 9.80 Å². The number of hydrogen-bond acceptors (Lipinski definition) is 10. The quantitative estimate of drug-likeness (QED) is 0.264. The van der Waals surface area contributed by atoms with E-state index in [2.05, 4.69) is 0 Å². The lowest BCUT2D eigenvalue weighted by atomic mass is 10.0. The van der Waals surface area contributed by atoms with Crippen LogP contribution in [0.5, 0.6) is 0 Å². The van der Waals surface area contributed by atoms with Crippen LogP contribution in [-0.2, 0) is 28.5 Å². The molecular formula is C44H44N4O10. The van der Waals surface area contributed by atoms with Gasteiger partial charge in [0.15, 0.2) is 0 Å². The van der Waals surface area contributed by atoms with E-state index in [1.807, 2.05) is 0 Å². The number of carbonyl (C=O) groups is 6. The molecule has 6 amide bonds. The van der Waals surface area contributed by atoms with Crippen LogP contribution in [0.2, 0.25) is 0 Å². The van der Waals surface area contributed by atoms with Gasteiger partial charge in [0.25, 0.3) is 35.4 Å². The molecule has 0 spiro atoms. The van der Waals surface area contributed by atoms with Gasteiger partial charge in [-0.25, -0.2) is 0 Å². The van der Waals surface area contributed by atoms with Crippen LogP contribution >= 0.6 is 0 Å². The molecule has 0 radical (unpaired) electrons. The zero-order valence-electron chi connectivity index (χ0n) is 31.9. The molecule has 1 saturated heterocycles. The predicted octanol–water partition coefficient (Wildman–Crippen LogP) is 3.80. The second-order valence-electron chi connectivity index (χ2n) is 13.8. The van der Waals surface area contributed by atoms with Crippen molar-refractivity contribution < 1.29 is 47.7 Å². The van der Waals surface area contributed by atoms with Crippen molar-refractivity contribution in [2.24, 2.45) is 0 Å². The first-order valence-electron chi connectivity index (χ1n) is 19.3. The monoisotopic (exact) mass is 788 g/mol. The van der Waals surface area contributed by atoms with Gasteiger partial charge in [-0.3, -0.25) is 38.6 Å². The Hall–Kier alpha value is -6.06. The molecule has 0 aromatic heterocycles. The van der Waals surface area contributed by atoms with Gasteiger partial charge in [-0.15, -0.1) is 0 Å². The van der Waals surface area contributed by atoms with E-state index in [9.17, 15) is 28.8 Å². The molecule has 0 bridgehead atoms. The average molecular weight is 789 g/mol. The smallest absolute Gasteiger partial charge is 0.262 e. The molecule has 14 nitrogen and oxygen atoms in total. The third-order valence-electron chi connectivity index (χ3n) is 10.3. The first-order chi connectivity index (χ1) is 28.4. The second kappa shape index (κ2) is 18.9. The van der Waals surface area contributed by atoms with Crippen molar-refractivity contribution in [3.05, 3.63) is 143 Å². The fourth-order valence-electron chi connectivity index (χ4n) is 7.31. The number of carbonyl (C=O) groups excluding carboxylic acids is 6. The normalized spacial score (nSPS) is 18.6. The van der Waals surface area contributed by atoms with E-state index < -0.39 is 47.5 Å². The molecule has 2 atom stereocenters. The maximum absolute atomic E-state index is 14.4. The summed E-state index contributed by atoms with van der Waals surface area (Å²) in [6.07, 6.45) is 0. The van der Waals surface area contributed by atoms with E-state index in [1.165, 1.54) is 9.80 Å². The minimum atomic E-state index is -1.21. The number of ether oxygens (including phenoxy) is 4. The van der Waals surface area contributed by atoms with Gasteiger partial charge in [-0.05, 0) is 35.4 Å². The van der Waals surface area contributed by atoms with Crippen molar-refractivity contribution >= 4 is 35.4 Å². The Balaban J connectivity index is 1.01. The molecule has 1 fully saturated rings. The molecule has 7 rings (SSSR count).